The molecule has 0 radical (unpaired) electrons. The molecule has 5 heteroatoms. The molecular weight excluding hydrogens is 328 g/mol. The molecule has 0 aromatic heterocycles. The highest BCUT2D eigenvalue weighted by Gasteiger charge is 2.49. The van der Waals surface area contributed by atoms with E-state index in [1.807, 2.05) is 0 Å². The fraction of sp³-hybridized carbons (Fsp3) is 0.857. The number of hydrogen-bond donors (Lipinski definition) is 2. The Morgan fingerprint density at radius 2 is 1.65 bits per heavy atom. The monoisotopic (exact) mass is 366 g/mol. The van der Waals surface area contributed by atoms with Crippen molar-refractivity contribution in [2.24, 2.45) is 34.3 Å². The number of hydrogen-bond acceptors (Lipinski definition) is 4. The third-order valence-electron chi connectivity index (χ3n) is 5.67. The minimum atomic E-state index is -0.308. The maximum atomic E-state index is 12.0. The van der Waals surface area contributed by atoms with Crippen LogP contribution in [0.15, 0.2) is 12.2 Å². The van der Waals surface area contributed by atoms with E-state index < -0.39 is 0 Å². The summed E-state index contributed by atoms with van der Waals surface area (Å²) in [4.78, 5) is 12.0. The largest absolute Gasteiger partial charge is 0.449 e. The van der Waals surface area contributed by atoms with Crippen molar-refractivity contribution in [3.8, 4) is 0 Å². The third-order valence-corrected chi connectivity index (χ3v) is 5.67. The summed E-state index contributed by atoms with van der Waals surface area (Å²) in [7, 11) is 0. The fourth-order valence-electron chi connectivity index (χ4n) is 3.69. The second kappa shape index (κ2) is 9.23. The minimum absolute atomic E-state index is 0.0171. The molecule has 26 heavy (non-hydrogen) atoms. The molecule has 0 aromatic rings. The van der Waals surface area contributed by atoms with Crippen molar-refractivity contribution in [3.63, 3.8) is 0 Å². The molecule has 2 aliphatic carbocycles. The maximum Gasteiger partial charge on any atom is 0.407 e. The van der Waals surface area contributed by atoms with Gasteiger partial charge in [-0.3, -0.25) is 0 Å². The lowest BCUT2D eigenvalue weighted by Gasteiger charge is -2.28. The molecule has 1 saturated carbocycles. The Morgan fingerprint density at radius 1 is 1.08 bits per heavy atom. The van der Waals surface area contributed by atoms with Crippen LogP contribution in [0, 0.1) is 28.6 Å². The van der Waals surface area contributed by atoms with Gasteiger partial charge < -0.3 is 20.5 Å². The number of amides is 1. The number of ether oxygens (including phenoxy) is 2. The van der Waals surface area contributed by atoms with Crippen LogP contribution in [0.4, 0.5) is 4.79 Å². The maximum absolute atomic E-state index is 12.0. The van der Waals surface area contributed by atoms with Crippen LogP contribution in [0.3, 0.4) is 0 Å². The first-order valence-electron chi connectivity index (χ1n) is 10.1. The molecule has 150 valence electrons. The Balaban J connectivity index is 1.60. The topological polar surface area (TPSA) is 73.6 Å². The molecule has 0 spiro atoms. The van der Waals surface area contributed by atoms with Crippen molar-refractivity contribution >= 4 is 6.09 Å². The molecule has 3 atom stereocenters. The lowest BCUT2D eigenvalue weighted by atomic mass is 9.93. The molecular formula is C21H38N2O3. The Bertz CT molecular complexity index is 472. The summed E-state index contributed by atoms with van der Waals surface area (Å²) in [5.74, 6) is 2.07. The van der Waals surface area contributed by atoms with E-state index in [1.165, 1.54) is 25.7 Å². The normalized spacial score (nSPS) is 27.0. The first-order chi connectivity index (χ1) is 12.2. The standard InChI is InChI=1S/C21H38N2O3/c1-20(2,12-22)14-25-15-21(3,4)13-23-19(24)26-11-18-16-9-7-5-6-8-10-17(16)18/h5-6,16-18H,7-15,22H2,1-4H3,(H,23,24)/b6-5-/t16-,17+,18-. The van der Waals surface area contributed by atoms with E-state index >= 15 is 0 Å². The van der Waals surface area contributed by atoms with Crippen molar-refractivity contribution in [1.29, 1.82) is 0 Å². The van der Waals surface area contributed by atoms with E-state index in [9.17, 15) is 4.79 Å². The molecule has 0 aliphatic heterocycles. The molecule has 2 aliphatic rings. The van der Waals surface area contributed by atoms with Gasteiger partial charge in [-0.15, -0.1) is 0 Å². The summed E-state index contributed by atoms with van der Waals surface area (Å²) >= 11 is 0. The van der Waals surface area contributed by atoms with Gasteiger partial charge in [0, 0.05) is 17.4 Å². The molecule has 5 nitrogen and oxygen atoms in total. The summed E-state index contributed by atoms with van der Waals surface area (Å²) in [6, 6.07) is 0. The molecule has 0 heterocycles. The molecule has 0 saturated heterocycles. The smallest absolute Gasteiger partial charge is 0.407 e. The number of carbonyl (C=O) groups excluding carboxylic acids is 1. The van der Waals surface area contributed by atoms with Crippen LogP contribution >= 0.6 is 0 Å². The van der Waals surface area contributed by atoms with Gasteiger partial charge in [-0.05, 0) is 50.0 Å². The van der Waals surface area contributed by atoms with Gasteiger partial charge in [-0.1, -0.05) is 39.8 Å². The van der Waals surface area contributed by atoms with Crippen LogP contribution in [-0.4, -0.2) is 39.0 Å². The predicted octanol–water partition coefficient (Wildman–Crippen LogP) is 3.73. The van der Waals surface area contributed by atoms with E-state index in [2.05, 4.69) is 45.2 Å². The van der Waals surface area contributed by atoms with Gasteiger partial charge in [-0.25, -0.2) is 4.79 Å². The Labute approximate surface area is 159 Å². The highest BCUT2D eigenvalue weighted by atomic mass is 16.5. The second-order valence-electron chi connectivity index (χ2n) is 9.60. The summed E-state index contributed by atoms with van der Waals surface area (Å²) in [6.07, 6.45) is 9.08. The summed E-state index contributed by atoms with van der Waals surface area (Å²) in [5, 5.41) is 2.90. The van der Waals surface area contributed by atoms with Crippen LogP contribution in [-0.2, 0) is 9.47 Å². The highest BCUT2D eigenvalue weighted by molar-refractivity contribution is 5.67. The van der Waals surface area contributed by atoms with Crippen molar-refractivity contribution in [2.75, 3.05) is 32.9 Å². The van der Waals surface area contributed by atoms with Crippen LogP contribution < -0.4 is 11.1 Å². The van der Waals surface area contributed by atoms with E-state index in [0.29, 0.717) is 38.8 Å². The third kappa shape index (κ3) is 6.92. The summed E-state index contributed by atoms with van der Waals surface area (Å²) in [5.41, 5.74) is 5.56. The van der Waals surface area contributed by atoms with E-state index in [4.69, 9.17) is 15.2 Å². The number of allylic oxidation sites excluding steroid dienone is 2. The van der Waals surface area contributed by atoms with Gasteiger partial charge >= 0.3 is 6.09 Å². The highest BCUT2D eigenvalue weighted by Crippen LogP contribution is 2.52. The zero-order valence-corrected chi connectivity index (χ0v) is 17.1. The Kier molecular flexibility index (Phi) is 7.53. The van der Waals surface area contributed by atoms with Crippen LogP contribution in [0.2, 0.25) is 0 Å². The second-order valence-corrected chi connectivity index (χ2v) is 9.60. The molecule has 1 fully saturated rings. The van der Waals surface area contributed by atoms with Crippen LogP contribution in [0.5, 0.6) is 0 Å². The van der Waals surface area contributed by atoms with Gasteiger partial charge in [0.05, 0.1) is 19.8 Å². The zero-order valence-electron chi connectivity index (χ0n) is 17.1. The molecule has 0 bridgehead atoms. The van der Waals surface area contributed by atoms with Gasteiger partial charge in [0.25, 0.3) is 0 Å². The minimum Gasteiger partial charge on any atom is -0.449 e. The number of rotatable bonds is 9. The van der Waals surface area contributed by atoms with Crippen LogP contribution in [0.25, 0.3) is 0 Å². The van der Waals surface area contributed by atoms with Crippen LogP contribution in [0.1, 0.15) is 53.4 Å². The molecule has 0 unspecified atom stereocenters. The lowest BCUT2D eigenvalue weighted by Crippen LogP contribution is -2.38. The number of fused-ring (bicyclic) bond motifs is 1. The number of nitrogens with two attached hydrogens (primary N) is 1. The number of carbonyl (C=O) groups is 1. The lowest BCUT2D eigenvalue weighted by molar-refractivity contribution is 0.0179. The SMILES string of the molecule is CC(C)(CN)COCC(C)(C)CNC(=O)OC[C@@H]1[C@@H]2CC/C=C\CC[C@@H]21. The molecule has 1 amide bonds. The van der Waals surface area contributed by atoms with E-state index in [0.717, 1.165) is 11.8 Å². The summed E-state index contributed by atoms with van der Waals surface area (Å²) < 4.78 is 11.3. The summed E-state index contributed by atoms with van der Waals surface area (Å²) in [6.45, 7) is 11.2. The molecule has 3 N–H and O–H groups in total. The number of alkyl carbamates (subject to hydrolysis) is 1. The average Bonchev–Trinajstić information content (AvgIpc) is 3.20. The first-order valence-corrected chi connectivity index (χ1v) is 10.1. The van der Waals surface area contributed by atoms with Crippen molar-refractivity contribution in [2.45, 2.75) is 53.4 Å². The van der Waals surface area contributed by atoms with Gasteiger partial charge in [0.2, 0.25) is 0 Å². The predicted molar refractivity (Wildman–Crippen MR) is 105 cm³/mol. The molecule has 2 rings (SSSR count). The van der Waals surface area contributed by atoms with Gasteiger partial charge in [-0.2, -0.15) is 0 Å². The van der Waals surface area contributed by atoms with Crippen molar-refractivity contribution in [3.05, 3.63) is 12.2 Å². The van der Waals surface area contributed by atoms with E-state index in [1.54, 1.807) is 0 Å². The first kappa shape index (κ1) is 21.2. The van der Waals surface area contributed by atoms with Crippen molar-refractivity contribution < 1.29 is 14.3 Å². The van der Waals surface area contributed by atoms with Gasteiger partial charge in [0.15, 0.2) is 0 Å². The fourth-order valence-corrected chi connectivity index (χ4v) is 3.69. The quantitative estimate of drug-likeness (QED) is 0.610. The number of nitrogens with one attached hydrogen (secondary N) is 1. The average molecular weight is 367 g/mol. The molecule has 0 aromatic carbocycles. The Morgan fingerprint density at radius 3 is 2.23 bits per heavy atom. The van der Waals surface area contributed by atoms with E-state index in [-0.39, 0.29) is 16.9 Å². The van der Waals surface area contributed by atoms with Gasteiger partial charge in [0.1, 0.15) is 0 Å². The zero-order chi connectivity index (χ0) is 19.2. The Hall–Kier alpha value is -1.07. The van der Waals surface area contributed by atoms with Crippen molar-refractivity contribution in [1.82, 2.24) is 5.32 Å².